The fourth-order valence-corrected chi connectivity index (χ4v) is 2.86. The minimum atomic E-state index is -0.378. The monoisotopic (exact) mass is 336 g/mol. The zero-order valence-electron chi connectivity index (χ0n) is 14.3. The van der Waals surface area contributed by atoms with Crippen LogP contribution < -0.4 is 10.6 Å². The Hall–Kier alpha value is -2.59. The predicted octanol–water partition coefficient (Wildman–Crippen LogP) is 3.66. The second-order valence-electron chi connectivity index (χ2n) is 6.13. The van der Waals surface area contributed by atoms with Gasteiger partial charge in [-0.2, -0.15) is 0 Å². The highest BCUT2D eigenvalue weighted by Gasteiger charge is 2.07. The normalized spacial score (nSPS) is 13.4. The van der Waals surface area contributed by atoms with Crippen molar-refractivity contribution in [3.05, 3.63) is 76.9 Å². The Balaban J connectivity index is 1.36. The van der Waals surface area contributed by atoms with Gasteiger partial charge in [0.15, 0.2) is 0 Å². The number of nitrogens with one attached hydrogen (secondary N) is 2. The molecule has 1 heterocycles. The van der Waals surface area contributed by atoms with Gasteiger partial charge in [0.1, 0.15) is 6.61 Å². The molecule has 0 spiro atoms. The minimum Gasteiger partial charge on any atom is -0.445 e. The van der Waals surface area contributed by atoms with Crippen molar-refractivity contribution in [1.29, 1.82) is 0 Å². The second kappa shape index (κ2) is 9.04. The summed E-state index contributed by atoms with van der Waals surface area (Å²) in [5.74, 6) is 0. The van der Waals surface area contributed by atoms with Crippen LogP contribution in [0.1, 0.15) is 28.7 Å². The largest absolute Gasteiger partial charge is 0.445 e. The van der Waals surface area contributed by atoms with E-state index in [4.69, 9.17) is 4.74 Å². The van der Waals surface area contributed by atoms with E-state index in [-0.39, 0.29) is 6.09 Å². The van der Waals surface area contributed by atoms with Crippen molar-refractivity contribution >= 4 is 12.2 Å². The summed E-state index contributed by atoms with van der Waals surface area (Å²) in [6.07, 6.45) is 5.68. The molecule has 130 valence electrons. The van der Waals surface area contributed by atoms with Gasteiger partial charge in [-0.1, -0.05) is 60.7 Å². The highest BCUT2D eigenvalue weighted by Crippen LogP contribution is 2.16. The van der Waals surface area contributed by atoms with Crippen molar-refractivity contribution in [1.82, 2.24) is 10.6 Å². The Morgan fingerprint density at radius 1 is 1.16 bits per heavy atom. The lowest BCUT2D eigenvalue weighted by Gasteiger charge is -2.17. The molecule has 0 aliphatic carbocycles. The molecular formula is C21H24N2O2. The average Bonchev–Trinajstić information content (AvgIpc) is 2.67. The fourth-order valence-electron chi connectivity index (χ4n) is 2.86. The van der Waals surface area contributed by atoms with Crippen molar-refractivity contribution in [2.75, 3.05) is 13.1 Å². The minimum absolute atomic E-state index is 0.297. The summed E-state index contributed by atoms with van der Waals surface area (Å²) < 4.78 is 5.17. The zero-order chi connectivity index (χ0) is 17.3. The number of fused-ring (bicyclic) bond motifs is 1. The first-order valence-corrected chi connectivity index (χ1v) is 8.75. The highest BCUT2D eigenvalue weighted by atomic mass is 16.5. The topological polar surface area (TPSA) is 50.4 Å². The third-order valence-electron chi connectivity index (χ3n) is 4.22. The Morgan fingerprint density at radius 2 is 2.04 bits per heavy atom. The number of amides is 1. The SMILES string of the molecule is O=C(NCCC=Cc1ccc2c(c1)CNCC2)OCc1ccccc1. The fraction of sp³-hybridized carbons (Fsp3) is 0.286. The van der Waals surface area contributed by atoms with Crippen LogP contribution in [-0.4, -0.2) is 19.2 Å². The van der Waals surface area contributed by atoms with Gasteiger partial charge in [0.25, 0.3) is 0 Å². The van der Waals surface area contributed by atoms with E-state index in [2.05, 4.69) is 41.0 Å². The van der Waals surface area contributed by atoms with Crippen molar-refractivity contribution < 1.29 is 9.53 Å². The van der Waals surface area contributed by atoms with Gasteiger partial charge >= 0.3 is 6.09 Å². The molecule has 2 aromatic rings. The lowest BCUT2D eigenvalue weighted by Crippen LogP contribution is -2.24. The van der Waals surface area contributed by atoms with Gasteiger partial charge in [-0.3, -0.25) is 0 Å². The number of carbonyl (C=O) groups is 1. The standard InChI is InChI=1S/C21H24N2O2/c24-21(25-16-18-7-2-1-3-8-18)23-12-5-4-6-17-9-10-19-11-13-22-15-20(19)14-17/h1-4,6-10,14,22H,5,11-13,15-16H2,(H,23,24). The summed E-state index contributed by atoms with van der Waals surface area (Å²) in [7, 11) is 0. The zero-order valence-corrected chi connectivity index (χ0v) is 14.3. The Morgan fingerprint density at radius 3 is 2.92 bits per heavy atom. The van der Waals surface area contributed by atoms with Gasteiger partial charge in [0.05, 0.1) is 0 Å². The van der Waals surface area contributed by atoms with Crippen LogP contribution in [0.15, 0.2) is 54.6 Å². The number of carbonyl (C=O) groups excluding carboxylic acids is 1. The predicted molar refractivity (Wildman–Crippen MR) is 100 cm³/mol. The Labute approximate surface area is 148 Å². The number of hydrogen-bond acceptors (Lipinski definition) is 3. The van der Waals surface area contributed by atoms with Gasteiger partial charge in [-0.05, 0) is 41.6 Å². The summed E-state index contributed by atoms with van der Waals surface area (Å²) >= 11 is 0. The molecule has 0 radical (unpaired) electrons. The van der Waals surface area contributed by atoms with E-state index in [1.807, 2.05) is 30.3 Å². The van der Waals surface area contributed by atoms with Gasteiger partial charge in [0, 0.05) is 13.1 Å². The van der Waals surface area contributed by atoms with Crippen LogP contribution in [0.25, 0.3) is 6.08 Å². The van der Waals surface area contributed by atoms with E-state index < -0.39 is 0 Å². The van der Waals surface area contributed by atoms with Gasteiger partial charge in [-0.25, -0.2) is 4.79 Å². The third-order valence-corrected chi connectivity index (χ3v) is 4.22. The molecule has 0 aromatic heterocycles. The third kappa shape index (κ3) is 5.47. The van der Waals surface area contributed by atoms with Crippen molar-refractivity contribution in [2.24, 2.45) is 0 Å². The van der Waals surface area contributed by atoms with Crippen molar-refractivity contribution in [3.8, 4) is 0 Å². The summed E-state index contributed by atoms with van der Waals surface area (Å²) in [6, 6.07) is 16.3. The van der Waals surface area contributed by atoms with Crippen LogP contribution in [0.4, 0.5) is 4.79 Å². The van der Waals surface area contributed by atoms with Gasteiger partial charge in [-0.15, -0.1) is 0 Å². The maximum Gasteiger partial charge on any atom is 0.407 e. The first-order chi connectivity index (χ1) is 12.3. The van der Waals surface area contributed by atoms with Crippen LogP contribution >= 0.6 is 0 Å². The molecule has 1 aliphatic rings. The maximum absolute atomic E-state index is 11.6. The van der Waals surface area contributed by atoms with E-state index in [9.17, 15) is 4.79 Å². The Bertz CT molecular complexity index is 726. The highest BCUT2D eigenvalue weighted by molar-refractivity contribution is 5.67. The molecule has 0 saturated carbocycles. The van der Waals surface area contributed by atoms with Crippen LogP contribution in [0.5, 0.6) is 0 Å². The van der Waals surface area contributed by atoms with Crippen molar-refractivity contribution in [2.45, 2.75) is 26.0 Å². The molecule has 2 aromatic carbocycles. The van der Waals surface area contributed by atoms with Gasteiger partial charge in [0.2, 0.25) is 0 Å². The number of rotatable bonds is 6. The van der Waals surface area contributed by atoms with E-state index in [1.165, 1.54) is 16.7 Å². The number of ether oxygens (including phenoxy) is 1. The lowest BCUT2D eigenvalue weighted by molar-refractivity contribution is 0.140. The summed E-state index contributed by atoms with van der Waals surface area (Å²) in [6.45, 7) is 2.88. The quantitative estimate of drug-likeness (QED) is 0.792. The molecule has 4 nitrogen and oxygen atoms in total. The van der Waals surface area contributed by atoms with E-state index in [1.54, 1.807) is 0 Å². The van der Waals surface area contributed by atoms with Crippen LogP contribution in [0.2, 0.25) is 0 Å². The van der Waals surface area contributed by atoms with E-state index in [0.29, 0.717) is 13.2 Å². The van der Waals surface area contributed by atoms with E-state index >= 15 is 0 Å². The number of hydrogen-bond donors (Lipinski definition) is 2. The molecule has 1 aliphatic heterocycles. The lowest BCUT2D eigenvalue weighted by atomic mass is 9.98. The molecule has 0 saturated heterocycles. The molecule has 0 atom stereocenters. The maximum atomic E-state index is 11.6. The first kappa shape index (κ1) is 17.2. The van der Waals surface area contributed by atoms with E-state index in [0.717, 1.165) is 31.5 Å². The first-order valence-electron chi connectivity index (χ1n) is 8.75. The summed E-state index contributed by atoms with van der Waals surface area (Å²) in [4.78, 5) is 11.6. The molecule has 25 heavy (non-hydrogen) atoms. The Kier molecular flexibility index (Phi) is 6.23. The average molecular weight is 336 g/mol. The number of alkyl carbamates (subject to hydrolysis) is 1. The van der Waals surface area contributed by atoms with Crippen LogP contribution in [-0.2, 0) is 24.3 Å². The summed E-state index contributed by atoms with van der Waals surface area (Å²) in [5.41, 5.74) is 5.02. The molecule has 0 fully saturated rings. The van der Waals surface area contributed by atoms with Crippen LogP contribution in [0, 0.1) is 0 Å². The summed E-state index contributed by atoms with van der Waals surface area (Å²) in [5, 5.41) is 6.16. The van der Waals surface area contributed by atoms with Gasteiger partial charge < -0.3 is 15.4 Å². The molecule has 1 amide bonds. The van der Waals surface area contributed by atoms with Crippen molar-refractivity contribution in [3.63, 3.8) is 0 Å². The molecule has 3 rings (SSSR count). The van der Waals surface area contributed by atoms with Crippen LogP contribution in [0.3, 0.4) is 0 Å². The second-order valence-corrected chi connectivity index (χ2v) is 6.13. The molecule has 0 unspecified atom stereocenters. The molecule has 0 bridgehead atoms. The smallest absolute Gasteiger partial charge is 0.407 e. The molecule has 2 N–H and O–H groups in total. The molecule has 4 heteroatoms. The molecular weight excluding hydrogens is 312 g/mol. The number of benzene rings is 2.